The zero-order chi connectivity index (χ0) is 11.9. The molecule has 1 aliphatic heterocycles. The lowest BCUT2D eigenvalue weighted by atomic mass is 10.2. The third kappa shape index (κ3) is 1.34. The van der Waals surface area contributed by atoms with Crippen molar-refractivity contribution in [1.82, 2.24) is 20.0 Å². The molecule has 0 N–H and O–H groups in total. The number of aromatic nitrogens is 4. The molecule has 0 radical (unpaired) electrons. The largest absolute Gasteiger partial charge is 0.372 e. The molecule has 3 heterocycles. The molecule has 1 aromatic carbocycles. The first-order chi connectivity index (χ1) is 8.92. The van der Waals surface area contributed by atoms with Crippen LogP contribution in [0.5, 0.6) is 0 Å². The van der Waals surface area contributed by atoms with Crippen molar-refractivity contribution in [1.29, 1.82) is 0 Å². The molecule has 1 aliphatic rings. The van der Waals surface area contributed by atoms with E-state index in [2.05, 4.69) is 15.3 Å². The number of ether oxygens (including phenoxy) is 1. The van der Waals surface area contributed by atoms with E-state index in [1.165, 1.54) is 5.56 Å². The summed E-state index contributed by atoms with van der Waals surface area (Å²) >= 11 is 0. The van der Waals surface area contributed by atoms with Gasteiger partial charge in [-0.25, -0.2) is 4.98 Å². The molecule has 88 valence electrons. The number of rotatable bonds is 1. The van der Waals surface area contributed by atoms with Gasteiger partial charge in [-0.05, 0) is 23.8 Å². The highest BCUT2D eigenvalue weighted by atomic mass is 16.5. The molecule has 0 amide bonds. The van der Waals surface area contributed by atoms with Crippen LogP contribution in [0.15, 0.2) is 36.5 Å². The van der Waals surface area contributed by atoms with Crippen molar-refractivity contribution in [3.63, 3.8) is 0 Å². The van der Waals surface area contributed by atoms with Crippen molar-refractivity contribution in [2.75, 3.05) is 0 Å². The Kier molecular flexibility index (Phi) is 1.95. The second-order valence-corrected chi connectivity index (χ2v) is 4.29. The van der Waals surface area contributed by atoms with Crippen molar-refractivity contribution in [3.05, 3.63) is 47.7 Å². The Balaban J connectivity index is 1.92. The van der Waals surface area contributed by atoms with Crippen molar-refractivity contribution in [3.8, 4) is 5.82 Å². The minimum atomic E-state index is 0.650. The first kappa shape index (κ1) is 9.73. The molecule has 3 aromatic rings. The smallest absolute Gasteiger partial charge is 0.156 e. The van der Waals surface area contributed by atoms with Crippen molar-refractivity contribution in [2.45, 2.75) is 13.2 Å². The molecule has 0 aliphatic carbocycles. The summed E-state index contributed by atoms with van der Waals surface area (Å²) in [4.78, 5) is 4.42. The van der Waals surface area contributed by atoms with E-state index in [1.54, 1.807) is 4.68 Å². The van der Waals surface area contributed by atoms with Gasteiger partial charge < -0.3 is 4.74 Å². The molecule has 2 aromatic heterocycles. The second kappa shape index (κ2) is 3.61. The molecule has 5 nitrogen and oxygen atoms in total. The van der Waals surface area contributed by atoms with E-state index in [4.69, 9.17) is 4.74 Å². The lowest BCUT2D eigenvalue weighted by Crippen LogP contribution is -2.01. The van der Waals surface area contributed by atoms with Crippen LogP contribution in [-0.4, -0.2) is 20.0 Å². The van der Waals surface area contributed by atoms with E-state index < -0.39 is 0 Å². The van der Waals surface area contributed by atoms with Crippen LogP contribution in [0.1, 0.15) is 11.1 Å². The quantitative estimate of drug-likeness (QED) is 0.649. The average molecular weight is 238 g/mol. The second-order valence-electron chi connectivity index (χ2n) is 4.29. The average Bonchev–Trinajstić information content (AvgIpc) is 3.04. The molecular formula is C13H10N4O. The van der Waals surface area contributed by atoms with Gasteiger partial charge in [0.15, 0.2) is 5.82 Å². The van der Waals surface area contributed by atoms with Crippen molar-refractivity contribution >= 4 is 11.0 Å². The van der Waals surface area contributed by atoms with E-state index in [1.807, 2.05) is 36.5 Å². The van der Waals surface area contributed by atoms with E-state index >= 15 is 0 Å². The Morgan fingerprint density at radius 3 is 3.00 bits per heavy atom. The monoisotopic (exact) mass is 238 g/mol. The SMILES string of the molecule is c1ccc2c(c1)nnn2-c1cc2c(cn1)COC2. The van der Waals surface area contributed by atoms with Gasteiger partial charge in [-0.1, -0.05) is 17.3 Å². The molecular weight excluding hydrogens is 228 g/mol. The van der Waals surface area contributed by atoms with Crippen LogP contribution in [0, 0.1) is 0 Å². The van der Waals surface area contributed by atoms with E-state index in [-0.39, 0.29) is 0 Å². The summed E-state index contributed by atoms with van der Waals surface area (Å²) < 4.78 is 7.15. The van der Waals surface area contributed by atoms with Crippen molar-refractivity contribution in [2.24, 2.45) is 0 Å². The van der Waals surface area contributed by atoms with Gasteiger partial charge in [0.1, 0.15) is 5.52 Å². The third-order valence-corrected chi connectivity index (χ3v) is 3.15. The summed E-state index contributed by atoms with van der Waals surface area (Å²) in [5.41, 5.74) is 4.17. The highest BCUT2D eigenvalue weighted by molar-refractivity contribution is 5.75. The Labute approximate surface area is 103 Å². The van der Waals surface area contributed by atoms with Crippen LogP contribution < -0.4 is 0 Å². The third-order valence-electron chi connectivity index (χ3n) is 3.15. The molecule has 0 bridgehead atoms. The molecule has 0 spiro atoms. The molecule has 0 unspecified atom stereocenters. The van der Waals surface area contributed by atoms with E-state index in [0.717, 1.165) is 22.4 Å². The van der Waals surface area contributed by atoms with Crippen molar-refractivity contribution < 1.29 is 4.74 Å². The molecule has 0 saturated heterocycles. The van der Waals surface area contributed by atoms with Crippen LogP contribution in [0.4, 0.5) is 0 Å². The fourth-order valence-electron chi connectivity index (χ4n) is 2.20. The Bertz CT molecular complexity index is 735. The summed E-state index contributed by atoms with van der Waals surface area (Å²) in [5, 5.41) is 8.28. The van der Waals surface area contributed by atoms with Gasteiger partial charge >= 0.3 is 0 Å². The lowest BCUT2D eigenvalue weighted by molar-refractivity contribution is 0.134. The number of fused-ring (bicyclic) bond motifs is 2. The fraction of sp³-hybridized carbons (Fsp3) is 0.154. The van der Waals surface area contributed by atoms with Crippen LogP contribution in [0.2, 0.25) is 0 Å². The minimum absolute atomic E-state index is 0.650. The number of para-hydroxylation sites is 1. The summed E-state index contributed by atoms with van der Waals surface area (Å²) in [6, 6.07) is 9.86. The van der Waals surface area contributed by atoms with Crippen LogP contribution in [0.3, 0.4) is 0 Å². The van der Waals surface area contributed by atoms with Gasteiger partial charge in [-0.3, -0.25) is 0 Å². The maximum absolute atomic E-state index is 5.39. The standard InChI is InChI=1S/C13H10N4O/c1-2-4-12-11(3-1)15-16-17(12)13-5-9-7-18-8-10(9)6-14-13/h1-6H,7-8H2. The van der Waals surface area contributed by atoms with Gasteiger partial charge in [-0.15, -0.1) is 5.10 Å². The molecule has 0 atom stereocenters. The highest BCUT2D eigenvalue weighted by Crippen LogP contribution is 2.22. The van der Waals surface area contributed by atoms with Gasteiger partial charge in [0.25, 0.3) is 0 Å². The maximum Gasteiger partial charge on any atom is 0.156 e. The molecule has 5 heteroatoms. The Hall–Kier alpha value is -2.27. The maximum atomic E-state index is 5.39. The number of pyridine rings is 1. The fourth-order valence-corrected chi connectivity index (χ4v) is 2.20. The van der Waals surface area contributed by atoms with E-state index in [9.17, 15) is 0 Å². The number of hydrogen-bond acceptors (Lipinski definition) is 4. The Morgan fingerprint density at radius 2 is 2.00 bits per heavy atom. The number of benzene rings is 1. The normalized spacial score (nSPS) is 14.0. The highest BCUT2D eigenvalue weighted by Gasteiger charge is 2.14. The number of hydrogen-bond donors (Lipinski definition) is 0. The molecule has 0 fully saturated rings. The van der Waals surface area contributed by atoms with Gasteiger partial charge in [-0.2, -0.15) is 4.68 Å². The van der Waals surface area contributed by atoms with Crippen LogP contribution >= 0.6 is 0 Å². The van der Waals surface area contributed by atoms with Gasteiger partial charge in [0.2, 0.25) is 0 Å². The summed E-state index contributed by atoms with van der Waals surface area (Å²) in [6.45, 7) is 1.30. The van der Waals surface area contributed by atoms with Crippen LogP contribution in [-0.2, 0) is 18.0 Å². The topological polar surface area (TPSA) is 52.8 Å². The zero-order valence-corrected chi connectivity index (χ0v) is 9.58. The minimum Gasteiger partial charge on any atom is -0.372 e. The lowest BCUT2D eigenvalue weighted by Gasteiger charge is -2.03. The first-order valence-corrected chi connectivity index (χ1v) is 5.78. The predicted octanol–water partition coefficient (Wildman–Crippen LogP) is 1.85. The van der Waals surface area contributed by atoms with Gasteiger partial charge in [0.05, 0.1) is 18.7 Å². The molecule has 4 rings (SSSR count). The molecule has 0 saturated carbocycles. The van der Waals surface area contributed by atoms with Crippen LogP contribution in [0.25, 0.3) is 16.9 Å². The summed E-state index contributed by atoms with van der Waals surface area (Å²) in [6.07, 6.45) is 1.86. The molecule has 18 heavy (non-hydrogen) atoms. The Morgan fingerprint density at radius 1 is 1.11 bits per heavy atom. The zero-order valence-electron chi connectivity index (χ0n) is 9.58. The summed E-state index contributed by atoms with van der Waals surface area (Å²) in [5.74, 6) is 0.785. The van der Waals surface area contributed by atoms with Gasteiger partial charge in [0, 0.05) is 11.8 Å². The van der Waals surface area contributed by atoms with E-state index in [0.29, 0.717) is 13.2 Å². The predicted molar refractivity (Wildman–Crippen MR) is 65.2 cm³/mol. The summed E-state index contributed by atoms with van der Waals surface area (Å²) in [7, 11) is 0. The number of nitrogens with zero attached hydrogens (tertiary/aromatic N) is 4. The first-order valence-electron chi connectivity index (χ1n) is 5.78.